The van der Waals surface area contributed by atoms with Crippen molar-refractivity contribution < 1.29 is 4.79 Å². The number of aromatic nitrogens is 1. The summed E-state index contributed by atoms with van der Waals surface area (Å²) < 4.78 is 2.74. The number of carbonyl (C=O) groups excluding carboxylic acids is 1. The highest BCUT2D eigenvalue weighted by molar-refractivity contribution is 8.26. The molecule has 0 radical (unpaired) electrons. The van der Waals surface area contributed by atoms with Crippen LogP contribution in [0.15, 0.2) is 35.2 Å². The quantitative estimate of drug-likeness (QED) is 0.671. The van der Waals surface area contributed by atoms with E-state index in [4.69, 9.17) is 12.2 Å². The van der Waals surface area contributed by atoms with Gasteiger partial charge in [-0.25, -0.2) is 0 Å². The van der Waals surface area contributed by atoms with Crippen LogP contribution in [0.4, 0.5) is 0 Å². The maximum absolute atomic E-state index is 11.8. The maximum atomic E-state index is 11.8. The standard InChI is InChI=1S/C17H16N2OS2/c1-10-6-4-5-7-14(10)19-11(2)8-13(12(19)3)9-15-16(20)18-17(21)22-15/h4-9H,1-3H3,(H,18,20,21). The average Bonchev–Trinajstić information content (AvgIpc) is 2.91. The molecule has 0 bridgehead atoms. The van der Waals surface area contributed by atoms with Crippen LogP contribution in [0, 0.1) is 20.8 Å². The average molecular weight is 328 g/mol. The van der Waals surface area contributed by atoms with E-state index in [9.17, 15) is 4.79 Å². The molecule has 1 aromatic heterocycles. The summed E-state index contributed by atoms with van der Waals surface area (Å²) in [6.07, 6.45) is 1.91. The molecule has 22 heavy (non-hydrogen) atoms. The van der Waals surface area contributed by atoms with Gasteiger partial charge < -0.3 is 9.88 Å². The summed E-state index contributed by atoms with van der Waals surface area (Å²) in [5.74, 6) is -0.115. The highest BCUT2D eigenvalue weighted by atomic mass is 32.2. The zero-order chi connectivity index (χ0) is 15.9. The number of thiocarbonyl (C=S) groups is 1. The molecule has 3 nitrogen and oxygen atoms in total. The zero-order valence-electron chi connectivity index (χ0n) is 12.6. The Balaban J connectivity index is 2.09. The Kier molecular flexibility index (Phi) is 3.93. The van der Waals surface area contributed by atoms with Crippen molar-refractivity contribution in [1.82, 2.24) is 9.88 Å². The number of thioether (sulfide) groups is 1. The molecular formula is C17H16N2OS2. The van der Waals surface area contributed by atoms with Gasteiger partial charge in [-0.15, -0.1) is 0 Å². The van der Waals surface area contributed by atoms with E-state index in [0.29, 0.717) is 9.23 Å². The van der Waals surface area contributed by atoms with Crippen LogP contribution in [-0.4, -0.2) is 14.8 Å². The van der Waals surface area contributed by atoms with Crippen molar-refractivity contribution in [2.75, 3.05) is 0 Å². The Morgan fingerprint density at radius 3 is 2.59 bits per heavy atom. The van der Waals surface area contributed by atoms with Gasteiger partial charge in [0, 0.05) is 17.1 Å². The van der Waals surface area contributed by atoms with Crippen molar-refractivity contribution in [3.05, 3.63) is 57.8 Å². The van der Waals surface area contributed by atoms with Gasteiger partial charge in [-0.05, 0) is 50.1 Å². The molecule has 0 atom stereocenters. The molecular weight excluding hydrogens is 312 g/mol. The van der Waals surface area contributed by atoms with Crippen molar-refractivity contribution >= 4 is 40.3 Å². The Labute approximate surface area is 139 Å². The van der Waals surface area contributed by atoms with E-state index in [1.54, 1.807) is 0 Å². The molecule has 0 unspecified atom stereocenters. The number of carbonyl (C=O) groups is 1. The van der Waals surface area contributed by atoms with E-state index >= 15 is 0 Å². The van der Waals surface area contributed by atoms with E-state index in [-0.39, 0.29) is 5.91 Å². The monoisotopic (exact) mass is 328 g/mol. The number of rotatable bonds is 2. The van der Waals surface area contributed by atoms with Crippen molar-refractivity contribution in [2.24, 2.45) is 0 Å². The second-order valence-corrected chi connectivity index (χ2v) is 7.02. The Morgan fingerprint density at radius 1 is 1.23 bits per heavy atom. The SMILES string of the molecule is Cc1ccccc1-n1c(C)cc(C=C2SC(=S)NC2=O)c1C. The number of aryl methyl sites for hydroxylation is 2. The molecule has 5 heteroatoms. The predicted molar refractivity (Wildman–Crippen MR) is 96.3 cm³/mol. The van der Waals surface area contributed by atoms with Crippen LogP contribution in [0.3, 0.4) is 0 Å². The molecule has 2 heterocycles. The molecule has 1 fully saturated rings. The fourth-order valence-electron chi connectivity index (χ4n) is 2.68. The van der Waals surface area contributed by atoms with Crippen LogP contribution in [0.2, 0.25) is 0 Å². The molecule has 0 saturated carbocycles. The number of hydrogen-bond acceptors (Lipinski definition) is 3. The van der Waals surface area contributed by atoms with Crippen LogP contribution in [-0.2, 0) is 4.79 Å². The minimum atomic E-state index is -0.115. The van der Waals surface area contributed by atoms with Gasteiger partial charge in [0.05, 0.1) is 4.91 Å². The molecule has 0 spiro atoms. The lowest BCUT2D eigenvalue weighted by molar-refractivity contribution is -0.115. The number of benzene rings is 1. The summed E-state index contributed by atoms with van der Waals surface area (Å²) in [4.78, 5) is 12.5. The molecule has 1 aromatic carbocycles. The third-order valence-electron chi connectivity index (χ3n) is 3.76. The van der Waals surface area contributed by atoms with Crippen LogP contribution >= 0.6 is 24.0 Å². The molecule has 1 N–H and O–H groups in total. The molecule has 1 saturated heterocycles. The highest BCUT2D eigenvalue weighted by Crippen LogP contribution is 2.29. The maximum Gasteiger partial charge on any atom is 0.263 e. The highest BCUT2D eigenvalue weighted by Gasteiger charge is 2.23. The van der Waals surface area contributed by atoms with Gasteiger partial charge in [0.2, 0.25) is 0 Å². The normalized spacial score (nSPS) is 16.4. The minimum absolute atomic E-state index is 0.115. The largest absolute Gasteiger partial charge is 0.318 e. The first kappa shape index (κ1) is 15.1. The molecule has 0 aliphatic carbocycles. The number of para-hydroxylation sites is 1. The van der Waals surface area contributed by atoms with Crippen LogP contribution in [0.25, 0.3) is 11.8 Å². The summed E-state index contributed by atoms with van der Waals surface area (Å²) in [7, 11) is 0. The van der Waals surface area contributed by atoms with Gasteiger partial charge in [-0.3, -0.25) is 4.79 Å². The first-order valence-electron chi connectivity index (χ1n) is 6.97. The van der Waals surface area contributed by atoms with Crippen LogP contribution in [0.1, 0.15) is 22.5 Å². The first-order chi connectivity index (χ1) is 10.5. The molecule has 1 aliphatic heterocycles. The van der Waals surface area contributed by atoms with Crippen LogP contribution < -0.4 is 5.32 Å². The lowest BCUT2D eigenvalue weighted by atomic mass is 10.2. The number of nitrogens with one attached hydrogen (secondary N) is 1. The van der Waals surface area contributed by atoms with Crippen LogP contribution in [0.5, 0.6) is 0 Å². The van der Waals surface area contributed by atoms with Gasteiger partial charge in [0.1, 0.15) is 4.32 Å². The Hall–Kier alpha value is -1.85. The third-order valence-corrected chi connectivity index (χ3v) is 4.92. The Morgan fingerprint density at radius 2 is 1.95 bits per heavy atom. The molecule has 1 amide bonds. The van der Waals surface area contributed by atoms with Gasteiger partial charge >= 0.3 is 0 Å². The topological polar surface area (TPSA) is 34.0 Å². The first-order valence-corrected chi connectivity index (χ1v) is 8.19. The van der Waals surface area contributed by atoms with Crippen molar-refractivity contribution in [2.45, 2.75) is 20.8 Å². The van der Waals surface area contributed by atoms with E-state index in [1.807, 2.05) is 18.2 Å². The van der Waals surface area contributed by atoms with E-state index in [0.717, 1.165) is 17.0 Å². The second-order valence-electron chi connectivity index (χ2n) is 5.30. The summed E-state index contributed by atoms with van der Waals surface area (Å²) in [5, 5.41) is 2.65. The van der Waals surface area contributed by atoms with Gasteiger partial charge in [-0.1, -0.05) is 42.2 Å². The third kappa shape index (κ3) is 2.62. The van der Waals surface area contributed by atoms with Crippen molar-refractivity contribution in [3.8, 4) is 5.69 Å². The lowest BCUT2D eigenvalue weighted by Gasteiger charge is -2.12. The molecule has 2 aromatic rings. The van der Waals surface area contributed by atoms with E-state index in [1.165, 1.54) is 23.0 Å². The number of amides is 1. The van der Waals surface area contributed by atoms with Gasteiger partial charge in [0.15, 0.2) is 0 Å². The summed E-state index contributed by atoms with van der Waals surface area (Å²) in [6.45, 7) is 6.25. The number of hydrogen-bond donors (Lipinski definition) is 1. The van der Waals surface area contributed by atoms with Crippen molar-refractivity contribution in [3.63, 3.8) is 0 Å². The molecule has 112 valence electrons. The van der Waals surface area contributed by atoms with Crippen molar-refractivity contribution in [1.29, 1.82) is 0 Å². The summed E-state index contributed by atoms with van der Waals surface area (Å²) in [6, 6.07) is 10.4. The van der Waals surface area contributed by atoms with E-state index < -0.39 is 0 Å². The van der Waals surface area contributed by atoms with E-state index in [2.05, 4.69) is 48.9 Å². The minimum Gasteiger partial charge on any atom is -0.318 e. The fraction of sp³-hybridized carbons (Fsp3) is 0.176. The summed E-state index contributed by atoms with van der Waals surface area (Å²) >= 11 is 6.35. The van der Waals surface area contributed by atoms with Gasteiger partial charge in [0.25, 0.3) is 5.91 Å². The summed E-state index contributed by atoms with van der Waals surface area (Å²) in [5.41, 5.74) is 5.69. The zero-order valence-corrected chi connectivity index (χ0v) is 14.3. The predicted octanol–water partition coefficient (Wildman–Crippen LogP) is 3.89. The second kappa shape index (κ2) is 5.74. The smallest absolute Gasteiger partial charge is 0.263 e. The van der Waals surface area contributed by atoms with Gasteiger partial charge in [-0.2, -0.15) is 0 Å². The molecule has 1 aliphatic rings. The molecule has 3 rings (SSSR count). The fourth-order valence-corrected chi connectivity index (χ4v) is 3.72. The number of nitrogens with zero attached hydrogens (tertiary/aromatic N) is 1. The lowest BCUT2D eigenvalue weighted by Crippen LogP contribution is -2.17. The Bertz CT molecular complexity index is 818.